The molecule has 1 aliphatic heterocycles. The van der Waals surface area contributed by atoms with Gasteiger partial charge in [-0.1, -0.05) is 38.1 Å². The van der Waals surface area contributed by atoms with E-state index in [1.165, 1.54) is 4.90 Å². The second-order valence-electron chi connectivity index (χ2n) is 9.38. The molecule has 4 atom stereocenters. The number of aryl methyl sites for hydroxylation is 1. The molecule has 180 valence electrons. The van der Waals surface area contributed by atoms with Gasteiger partial charge in [-0.25, -0.2) is 4.98 Å². The highest BCUT2D eigenvalue weighted by atomic mass is 32.1. The number of rotatable bonds is 8. The van der Waals surface area contributed by atoms with E-state index in [-0.39, 0.29) is 36.7 Å². The van der Waals surface area contributed by atoms with Gasteiger partial charge < -0.3 is 26.0 Å². The lowest BCUT2D eigenvalue weighted by Crippen LogP contribution is -2.53. The third-order valence-corrected chi connectivity index (χ3v) is 7.03. The van der Waals surface area contributed by atoms with Crippen LogP contribution in [-0.4, -0.2) is 77.1 Å². The van der Waals surface area contributed by atoms with E-state index in [4.69, 9.17) is 5.73 Å². The number of nitrogens with one attached hydrogen (secondary N) is 1. The maximum atomic E-state index is 13.3. The number of likely N-dealkylation sites (tertiary alicyclic amines) is 1. The summed E-state index contributed by atoms with van der Waals surface area (Å²) in [5, 5.41) is 13.3. The van der Waals surface area contributed by atoms with Crippen molar-refractivity contribution in [3.63, 3.8) is 0 Å². The predicted molar refractivity (Wildman–Crippen MR) is 131 cm³/mol. The van der Waals surface area contributed by atoms with Crippen molar-refractivity contribution >= 4 is 23.2 Å². The number of hydrogen-bond acceptors (Lipinski definition) is 7. The molecule has 9 heteroatoms. The number of aromatic nitrogens is 1. The van der Waals surface area contributed by atoms with E-state index >= 15 is 0 Å². The number of benzene rings is 1. The van der Waals surface area contributed by atoms with Crippen molar-refractivity contribution in [2.24, 2.45) is 11.7 Å². The first-order valence-corrected chi connectivity index (χ1v) is 12.2. The maximum absolute atomic E-state index is 13.3. The summed E-state index contributed by atoms with van der Waals surface area (Å²) in [5.74, 6) is -0.624. The first-order chi connectivity index (χ1) is 15.6. The standard InChI is InChI=1S/C24H35N5O3S/c1-14(2)21(25)24(32)29-11-18(30)10-20(29)23(31)27-19(12-28(4)5)16-6-8-17(9-7-16)22-15(3)26-13-33-22/h6-9,13-14,18-21,30H,10-12,25H2,1-5H3,(H,27,31)/t18-,19+,20+,21+/m1/s1. The van der Waals surface area contributed by atoms with Gasteiger partial charge >= 0.3 is 0 Å². The van der Waals surface area contributed by atoms with Gasteiger partial charge in [0.2, 0.25) is 11.8 Å². The van der Waals surface area contributed by atoms with Gasteiger partial charge in [0.15, 0.2) is 0 Å². The van der Waals surface area contributed by atoms with Crippen LogP contribution in [0.1, 0.15) is 37.6 Å². The second kappa shape index (κ2) is 10.7. The predicted octanol–water partition coefficient (Wildman–Crippen LogP) is 1.78. The molecule has 1 fully saturated rings. The lowest BCUT2D eigenvalue weighted by molar-refractivity contribution is -0.140. The van der Waals surface area contributed by atoms with E-state index in [0.717, 1.165) is 21.7 Å². The number of nitrogens with zero attached hydrogens (tertiary/aromatic N) is 3. The molecule has 3 rings (SSSR count). The highest BCUT2D eigenvalue weighted by Gasteiger charge is 2.41. The Hall–Kier alpha value is -2.33. The van der Waals surface area contributed by atoms with Crippen LogP contribution in [-0.2, 0) is 9.59 Å². The molecule has 0 aliphatic carbocycles. The Bertz CT molecular complexity index is 959. The van der Waals surface area contributed by atoms with Gasteiger partial charge in [0.25, 0.3) is 0 Å². The van der Waals surface area contributed by atoms with E-state index in [1.54, 1.807) is 11.3 Å². The number of nitrogens with two attached hydrogens (primary N) is 1. The van der Waals surface area contributed by atoms with E-state index in [9.17, 15) is 14.7 Å². The number of likely N-dealkylation sites (N-methyl/N-ethyl adjacent to an activating group) is 1. The van der Waals surface area contributed by atoms with Crippen LogP contribution in [0.15, 0.2) is 29.8 Å². The number of hydrogen-bond donors (Lipinski definition) is 3. The fourth-order valence-corrected chi connectivity index (χ4v) is 4.91. The minimum Gasteiger partial charge on any atom is -0.391 e. The molecule has 0 spiro atoms. The first-order valence-electron chi connectivity index (χ1n) is 11.3. The molecule has 33 heavy (non-hydrogen) atoms. The van der Waals surface area contributed by atoms with Gasteiger partial charge in [-0.15, -0.1) is 11.3 Å². The lowest BCUT2D eigenvalue weighted by atomic mass is 10.0. The highest BCUT2D eigenvalue weighted by molar-refractivity contribution is 7.13. The topological polar surface area (TPSA) is 112 Å². The largest absolute Gasteiger partial charge is 0.391 e. The molecule has 2 amide bonds. The molecule has 1 aromatic heterocycles. The van der Waals surface area contributed by atoms with Gasteiger partial charge in [-0.2, -0.15) is 0 Å². The third kappa shape index (κ3) is 5.97. The minimum atomic E-state index is -0.738. The summed E-state index contributed by atoms with van der Waals surface area (Å²) in [4.78, 5) is 35.0. The highest BCUT2D eigenvalue weighted by Crippen LogP contribution is 2.29. The Balaban J connectivity index is 1.78. The summed E-state index contributed by atoms with van der Waals surface area (Å²) in [6, 6.07) is 6.42. The molecule has 0 unspecified atom stereocenters. The van der Waals surface area contributed by atoms with Crippen LogP contribution in [0.25, 0.3) is 10.4 Å². The number of β-amino-alcohol motifs (C(OH)–C–C–N with tert-alkyl or cyclic N) is 1. The van der Waals surface area contributed by atoms with Gasteiger partial charge in [-0.05, 0) is 38.1 Å². The van der Waals surface area contributed by atoms with E-state index < -0.39 is 18.2 Å². The van der Waals surface area contributed by atoms with E-state index in [1.807, 2.05) is 69.5 Å². The van der Waals surface area contributed by atoms with E-state index in [2.05, 4.69) is 10.3 Å². The number of aliphatic hydroxyl groups excluding tert-OH is 1. The Labute approximate surface area is 199 Å². The molecule has 8 nitrogen and oxygen atoms in total. The average molecular weight is 474 g/mol. The molecule has 1 saturated heterocycles. The van der Waals surface area contributed by atoms with Crippen LogP contribution < -0.4 is 11.1 Å². The summed E-state index contributed by atoms with van der Waals surface area (Å²) >= 11 is 1.60. The molecule has 2 heterocycles. The van der Waals surface area contributed by atoms with Crippen molar-refractivity contribution in [1.82, 2.24) is 20.1 Å². The zero-order chi connectivity index (χ0) is 24.3. The number of aliphatic hydroxyl groups is 1. The van der Waals surface area contributed by atoms with Crippen molar-refractivity contribution in [3.05, 3.63) is 41.0 Å². The number of thiazole rings is 1. The zero-order valence-electron chi connectivity index (χ0n) is 20.0. The summed E-state index contributed by atoms with van der Waals surface area (Å²) in [7, 11) is 3.90. The van der Waals surface area contributed by atoms with Gasteiger partial charge in [-0.3, -0.25) is 9.59 Å². The van der Waals surface area contributed by atoms with Crippen LogP contribution in [0.4, 0.5) is 0 Å². The normalized spacial score (nSPS) is 20.3. The third-order valence-electron chi connectivity index (χ3n) is 6.05. The second-order valence-corrected chi connectivity index (χ2v) is 10.2. The summed E-state index contributed by atoms with van der Waals surface area (Å²) in [6.45, 7) is 6.45. The van der Waals surface area contributed by atoms with Gasteiger partial charge in [0.05, 0.1) is 34.3 Å². The van der Waals surface area contributed by atoms with Crippen molar-refractivity contribution in [1.29, 1.82) is 0 Å². The van der Waals surface area contributed by atoms with Gasteiger partial charge in [0, 0.05) is 19.5 Å². The molecule has 4 N–H and O–H groups in total. The molecule has 0 radical (unpaired) electrons. The Morgan fingerprint density at radius 1 is 1.30 bits per heavy atom. The fraction of sp³-hybridized carbons (Fsp3) is 0.542. The van der Waals surface area contributed by atoms with E-state index in [0.29, 0.717) is 6.54 Å². The number of carbonyl (C=O) groups excluding carboxylic acids is 2. The maximum Gasteiger partial charge on any atom is 0.243 e. The van der Waals surface area contributed by atoms with Crippen LogP contribution in [0, 0.1) is 12.8 Å². The fourth-order valence-electron chi connectivity index (χ4n) is 4.10. The van der Waals surface area contributed by atoms with Gasteiger partial charge in [0.1, 0.15) is 6.04 Å². The summed E-state index contributed by atoms with van der Waals surface area (Å²) < 4.78 is 0. The molecule has 0 saturated carbocycles. The molecule has 1 aromatic carbocycles. The van der Waals surface area contributed by atoms with Crippen LogP contribution in [0.5, 0.6) is 0 Å². The molecular weight excluding hydrogens is 438 g/mol. The molecule has 0 bridgehead atoms. The number of carbonyl (C=O) groups is 2. The Kier molecular flexibility index (Phi) is 8.23. The number of amides is 2. The first kappa shape index (κ1) is 25.3. The quantitative estimate of drug-likeness (QED) is 0.539. The monoisotopic (exact) mass is 473 g/mol. The van der Waals surface area contributed by atoms with Crippen molar-refractivity contribution in [3.8, 4) is 10.4 Å². The average Bonchev–Trinajstić information content (AvgIpc) is 3.37. The Morgan fingerprint density at radius 2 is 1.97 bits per heavy atom. The lowest BCUT2D eigenvalue weighted by Gasteiger charge is -2.30. The SMILES string of the molecule is Cc1ncsc1-c1ccc([C@H](CN(C)C)NC(=O)[C@@H]2C[C@@H](O)CN2C(=O)[C@@H](N)C(C)C)cc1. The zero-order valence-corrected chi connectivity index (χ0v) is 20.8. The van der Waals surface area contributed by atoms with Crippen molar-refractivity contribution in [2.45, 2.75) is 51.4 Å². The molecular formula is C24H35N5O3S. The minimum absolute atomic E-state index is 0.0545. The van der Waals surface area contributed by atoms with Crippen LogP contribution in [0.3, 0.4) is 0 Å². The van der Waals surface area contributed by atoms with Crippen molar-refractivity contribution in [2.75, 3.05) is 27.2 Å². The molecule has 1 aliphatic rings. The smallest absolute Gasteiger partial charge is 0.243 e. The summed E-state index contributed by atoms with van der Waals surface area (Å²) in [5.41, 5.74) is 10.9. The van der Waals surface area contributed by atoms with Crippen molar-refractivity contribution < 1.29 is 14.7 Å². The molecule has 2 aromatic rings. The van der Waals surface area contributed by atoms with Crippen LogP contribution in [0.2, 0.25) is 0 Å². The summed E-state index contributed by atoms with van der Waals surface area (Å²) in [6.07, 6.45) is -0.529. The van der Waals surface area contributed by atoms with Crippen LogP contribution >= 0.6 is 11.3 Å². The Morgan fingerprint density at radius 3 is 2.52 bits per heavy atom.